The van der Waals surface area contributed by atoms with Gasteiger partial charge in [0.2, 0.25) is 0 Å². The summed E-state index contributed by atoms with van der Waals surface area (Å²) in [6.45, 7) is 8.34. The van der Waals surface area contributed by atoms with Crippen molar-refractivity contribution in [1.82, 2.24) is 4.98 Å². The maximum atomic E-state index is 9.37. The van der Waals surface area contributed by atoms with Crippen molar-refractivity contribution in [2.45, 2.75) is 46.5 Å². The highest BCUT2D eigenvalue weighted by Crippen LogP contribution is 2.27. The van der Waals surface area contributed by atoms with Gasteiger partial charge in [0, 0.05) is 18.8 Å². The minimum atomic E-state index is 0.751. The Morgan fingerprint density at radius 1 is 1.37 bits per heavy atom. The van der Waals surface area contributed by atoms with Crippen LogP contribution < -0.4 is 4.90 Å². The fourth-order valence-electron chi connectivity index (χ4n) is 2.97. The smallest absolute Gasteiger partial charge is 0.147 e. The summed E-state index contributed by atoms with van der Waals surface area (Å²) in [6.07, 6.45) is 4.99. The van der Waals surface area contributed by atoms with Crippen molar-refractivity contribution in [1.29, 1.82) is 5.26 Å². The SMILES string of the molecule is CCC1CCCN(c2nc(C)cc(C)c2C#N)CC1. The molecule has 1 atom stereocenters. The number of pyridine rings is 1. The number of aryl methyl sites for hydroxylation is 2. The lowest BCUT2D eigenvalue weighted by Crippen LogP contribution is -2.26. The molecule has 1 aliphatic heterocycles. The zero-order chi connectivity index (χ0) is 13.8. The molecule has 0 aliphatic carbocycles. The van der Waals surface area contributed by atoms with E-state index < -0.39 is 0 Å². The zero-order valence-electron chi connectivity index (χ0n) is 12.2. The summed E-state index contributed by atoms with van der Waals surface area (Å²) >= 11 is 0. The molecule has 0 bridgehead atoms. The van der Waals surface area contributed by atoms with E-state index in [0.29, 0.717) is 0 Å². The van der Waals surface area contributed by atoms with Crippen LogP contribution in [0.25, 0.3) is 0 Å². The average molecular weight is 257 g/mol. The third-order valence-corrected chi connectivity index (χ3v) is 4.16. The number of anilines is 1. The second kappa shape index (κ2) is 6.06. The molecule has 1 fully saturated rings. The van der Waals surface area contributed by atoms with Crippen LogP contribution in [0.4, 0.5) is 5.82 Å². The monoisotopic (exact) mass is 257 g/mol. The van der Waals surface area contributed by atoms with Crippen molar-refractivity contribution in [2.75, 3.05) is 18.0 Å². The van der Waals surface area contributed by atoms with Crippen molar-refractivity contribution in [3.05, 3.63) is 22.9 Å². The molecule has 3 nitrogen and oxygen atoms in total. The number of nitriles is 1. The fraction of sp³-hybridized carbons (Fsp3) is 0.625. The molecule has 0 radical (unpaired) electrons. The summed E-state index contributed by atoms with van der Waals surface area (Å²) in [4.78, 5) is 6.94. The maximum absolute atomic E-state index is 9.37. The van der Waals surface area contributed by atoms with Crippen LogP contribution in [0.2, 0.25) is 0 Å². The van der Waals surface area contributed by atoms with Gasteiger partial charge < -0.3 is 4.90 Å². The van der Waals surface area contributed by atoms with Crippen LogP contribution in [0.3, 0.4) is 0 Å². The maximum Gasteiger partial charge on any atom is 0.147 e. The van der Waals surface area contributed by atoms with Gasteiger partial charge in [0.05, 0.1) is 5.56 Å². The van der Waals surface area contributed by atoms with E-state index in [1.165, 1.54) is 25.7 Å². The lowest BCUT2D eigenvalue weighted by Gasteiger charge is -2.23. The second-order valence-corrected chi connectivity index (χ2v) is 5.58. The molecule has 0 N–H and O–H groups in total. The summed E-state index contributed by atoms with van der Waals surface area (Å²) in [5, 5.41) is 9.37. The van der Waals surface area contributed by atoms with Crippen LogP contribution in [0.1, 0.15) is 49.4 Å². The number of aromatic nitrogens is 1. The molecule has 1 unspecified atom stereocenters. The Hall–Kier alpha value is -1.56. The fourth-order valence-corrected chi connectivity index (χ4v) is 2.97. The third kappa shape index (κ3) is 3.07. The molecule has 1 aromatic rings. The first-order valence-electron chi connectivity index (χ1n) is 7.29. The zero-order valence-corrected chi connectivity index (χ0v) is 12.2. The standard InChI is InChI=1S/C16H23N3/c1-4-14-6-5-8-19(9-7-14)16-15(11-17)12(2)10-13(3)18-16/h10,14H,4-9H2,1-3H3. The van der Waals surface area contributed by atoms with Gasteiger partial charge in [0.15, 0.2) is 0 Å². The third-order valence-electron chi connectivity index (χ3n) is 4.16. The van der Waals surface area contributed by atoms with Gasteiger partial charge in [-0.05, 0) is 50.7 Å². The molecule has 0 spiro atoms. The second-order valence-electron chi connectivity index (χ2n) is 5.58. The van der Waals surface area contributed by atoms with Crippen LogP contribution in [0.5, 0.6) is 0 Å². The van der Waals surface area contributed by atoms with Gasteiger partial charge in [0.1, 0.15) is 11.9 Å². The minimum Gasteiger partial charge on any atom is -0.355 e. The predicted molar refractivity (Wildman–Crippen MR) is 78.3 cm³/mol. The first-order chi connectivity index (χ1) is 9.15. The molecular weight excluding hydrogens is 234 g/mol. The van der Waals surface area contributed by atoms with E-state index in [0.717, 1.165) is 41.6 Å². The quantitative estimate of drug-likeness (QED) is 0.813. The molecule has 2 heterocycles. The van der Waals surface area contributed by atoms with E-state index in [2.05, 4.69) is 22.9 Å². The predicted octanol–water partition coefficient (Wildman–Crippen LogP) is 3.59. The highest BCUT2D eigenvalue weighted by atomic mass is 15.2. The highest BCUT2D eigenvalue weighted by Gasteiger charge is 2.20. The summed E-state index contributed by atoms with van der Waals surface area (Å²) in [6, 6.07) is 4.32. The summed E-state index contributed by atoms with van der Waals surface area (Å²) in [7, 11) is 0. The molecule has 2 rings (SSSR count). The van der Waals surface area contributed by atoms with E-state index in [-0.39, 0.29) is 0 Å². The van der Waals surface area contributed by atoms with E-state index in [1.54, 1.807) is 0 Å². The Morgan fingerprint density at radius 2 is 2.16 bits per heavy atom. The molecular formula is C16H23N3. The summed E-state index contributed by atoms with van der Waals surface area (Å²) < 4.78 is 0. The minimum absolute atomic E-state index is 0.751. The van der Waals surface area contributed by atoms with Gasteiger partial charge >= 0.3 is 0 Å². The van der Waals surface area contributed by atoms with E-state index >= 15 is 0 Å². The Labute approximate surface area is 116 Å². The highest BCUT2D eigenvalue weighted by molar-refractivity contribution is 5.58. The molecule has 102 valence electrons. The van der Waals surface area contributed by atoms with Gasteiger partial charge in [-0.3, -0.25) is 0 Å². The van der Waals surface area contributed by atoms with Crippen LogP contribution in [0, 0.1) is 31.1 Å². The van der Waals surface area contributed by atoms with Gasteiger partial charge in [-0.2, -0.15) is 5.26 Å². The molecule has 0 saturated carbocycles. The van der Waals surface area contributed by atoms with E-state index in [4.69, 9.17) is 0 Å². The van der Waals surface area contributed by atoms with Crippen molar-refractivity contribution in [3.63, 3.8) is 0 Å². The summed E-state index contributed by atoms with van der Waals surface area (Å²) in [5.74, 6) is 1.73. The van der Waals surface area contributed by atoms with E-state index in [9.17, 15) is 5.26 Å². The van der Waals surface area contributed by atoms with Crippen LogP contribution in [0.15, 0.2) is 6.07 Å². The average Bonchev–Trinajstić information content (AvgIpc) is 2.63. The lowest BCUT2D eigenvalue weighted by molar-refractivity contribution is 0.459. The lowest BCUT2D eigenvalue weighted by atomic mass is 9.98. The van der Waals surface area contributed by atoms with Crippen molar-refractivity contribution in [2.24, 2.45) is 5.92 Å². The Bertz CT molecular complexity index is 488. The molecule has 1 aromatic heterocycles. The first-order valence-corrected chi connectivity index (χ1v) is 7.29. The summed E-state index contributed by atoms with van der Waals surface area (Å²) in [5.41, 5.74) is 2.80. The molecule has 1 saturated heterocycles. The van der Waals surface area contributed by atoms with Crippen molar-refractivity contribution in [3.8, 4) is 6.07 Å². The Morgan fingerprint density at radius 3 is 2.84 bits per heavy atom. The van der Waals surface area contributed by atoms with Crippen molar-refractivity contribution >= 4 is 5.82 Å². The van der Waals surface area contributed by atoms with Crippen LogP contribution in [-0.4, -0.2) is 18.1 Å². The van der Waals surface area contributed by atoms with Gasteiger partial charge in [-0.1, -0.05) is 13.3 Å². The number of nitrogens with zero attached hydrogens (tertiary/aromatic N) is 3. The number of hydrogen-bond donors (Lipinski definition) is 0. The number of rotatable bonds is 2. The van der Waals surface area contributed by atoms with Crippen LogP contribution in [-0.2, 0) is 0 Å². The Balaban J connectivity index is 2.29. The molecule has 19 heavy (non-hydrogen) atoms. The van der Waals surface area contributed by atoms with Gasteiger partial charge in [-0.25, -0.2) is 4.98 Å². The normalized spacial score (nSPS) is 19.9. The Kier molecular flexibility index (Phi) is 4.42. The molecule has 0 aromatic carbocycles. The topological polar surface area (TPSA) is 39.9 Å². The first kappa shape index (κ1) is 13.9. The molecule has 1 aliphatic rings. The van der Waals surface area contributed by atoms with Crippen LogP contribution >= 0.6 is 0 Å². The van der Waals surface area contributed by atoms with E-state index in [1.807, 2.05) is 19.9 Å². The van der Waals surface area contributed by atoms with Crippen molar-refractivity contribution < 1.29 is 0 Å². The van der Waals surface area contributed by atoms with Gasteiger partial charge in [0.25, 0.3) is 0 Å². The molecule has 0 amide bonds. The largest absolute Gasteiger partial charge is 0.355 e. The molecule has 3 heteroatoms. The van der Waals surface area contributed by atoms with Gasteiger partial charge in [-0.15, -0.1) is 0 Å². The number of hydrogen-bond acceptors (Lipinski definition) is 3.